The number of methoxy groups -OCH3 is 1. The van der Waals surface area contributed by atoms with Crippen LogP contribution in [0, 0.1) is 0 Å². The lowest BCUT2D eigenvalue weighted by atomic mass is 9.99. The maximum absolute atomic E-state index is 11.6. The standard InChI is InChI=1S/C19H27NO4/c1-14(2)8-11-24-16-7-6-15(12-17(16)23-4)13-20-10-5-9-19(20,3)18(21)22/h6-8,12H,5,9-11,13H2,1-4H3,(H,21,22)/t19-/m0/s1. The molecule has 1 aromatic rings. The normalized spacial score (nSPS) is 20.7. The second-order valence-corrected chi connectivity index (χ2v) is 6.68. The van der Waals surface area contributed by atoms with Gasteiger partial charge in [0.2, 0.25) is 0 Å². The Kier molecular flexibility index (Phi) is 5.89. The Morgan fingerprint density at radius 1 is 1.38 bits per heavy atom. The second-order valence-electron chi connectivity index (χ2n) is 6.68. The first kappa shape index (κ1) is 18.3. The number of hydrogen-bond donors (Lipinski definition) is 1. The number of nitrogens with zero attached hydrogens (tertiary/aromatic N) is 1. The SMILES string of the molecule is COc1cc(CN2CCC[C@@]2(C)C(=O)O)ccc1OCC=C(C)C. The molecule has 1 N–H and O–H groups in total. The zero-order chi connectivity index (χ0) is 17.7. The molecule has 24 heavy (non-hydrogen) atoms. The second kappa shape index (κ2) is 7.71. The van der Waals surface area contributed by atoms with Crippen molar-refractivity contribution in [3.8, 4) is 11.5 Å². The fraction of sp³-hybridized carbons (Fsp3) is 0.526. The molecule has 0 aliphatic carbocycles. The van der Waals surface area contributed by atoms with Crippen LogP contribution in [0.1, 0.15) is 39.2 Å². The van der Waals surface area contributed by atoms with Gasteiger partial charge in [0.25, 0.3) is 0 Å². The summed E-state index contributed by atoms with van der Waals surface area (Å²) in [4.78, 5) is 13.6. The van der Waals surface area contributed by atoms with E-state index >= 15 is 0 Å². The molecule has 0 unspecified atom stereocenters. The van der Waals surface area contributed by atoms with Crippen LogP contribution in [0.3, 0.4) is 0 Å². The Morgan fingerprint density at radius 2 is 2.12 bits per heavy atom. The first-order valence-corrected chi connectivity index (χ1v) is 8.28. The number of ether oxygens (including phenoxy) is 2. The van der Waals surface area contributed by atoms with Gasteiger partial charge in [0.1, 0.15) is 12.1 Å². The number of likely N-dealkylation sites (tertiary alicyclic amines) is 1. The Bertz CT molecular complexity index is 622. The zero-order valence-electron chi connectivity index (χ0n) is 15.0. The molecule has 1 aliphatic rings. The van der Waals surface area contributed by atoms with Crippen molar-refractivity contribution in [2.45, 2.75) is 45.7 Å². The van der Waals surface area contributed by atoms with Crippen LogP contribution >= 0.6 is 0 Å². The van der Waals surface area contributed by atoms with Crippen LogP contribution in [0.25, 0.3) is 0 Å². The van der Waals surface area contributed by atoms with Crippen LogP contribution in [0.5, 0.6) is 11.5 Å². The smallest absolute Gasteiger partial charge is 0.323 e. The van der Waals surface area contributed by atoms with E-state index in [1.807, 2.05) is 43.0 Å². The van der Waals surface area contributed by atoms with Crippen molar-refractivity contribution in [1.82, 2.24) is 4.90 Å². The number of carbonyl (C=O) groups is 1. The number of benzene rings is 1. The summed E-state index contributed by atoms with van der Waals surface area (Å²) in [5, 5.41) is 9.52. The van der Waals surface area contributed by atoms with E-state index in [2.05, 4.69) is 0 Å². The van der Waals surface area contributed by atoms with Crippen molar-refractivity contribution in [3.05, 3.63) is 35.4 Å². The molecule has 132 valence electrons. The molecule has 1 aliphatic heterocycles. The predicted molar refractivity (Wildman–Crippen MR) is 93.6 cm³/mol. The van der Waals surface area contributed by atoms with E-state index in [9.17, 15) is 9.90 Å². The van der Waals surface area contributed by atoms with E-state index in [0.29, 0.717) is 31.1 Å². The maximum Gasteiger partial charge on any atom is 0.323 e. The molecule has 1 fully saturated rings. The molecule has 0 aromatic heterocycles. The number of allylic oxidation sites excluding steroid dienone is 1. The molecule has 5 heteroatoms. The van der Waals surface area contributed by atoms with E-state index in [1.54, 1.807) is 14.0 Å². The average Bonchev–Trinajstić information content (AvgIpc) is 2.90. The van der Waals surface area contributed by atoms with Gasteiger partial charge in [0.05, 0.1) is 7.11 Å². The van der Waals surface area contributed by atoms with Gasteiger partial charge in [-0.1, -0.05) is 11.6 Å². The number of aliphatic carboxylic acids is 1. The zero-order valence-corrected chi connectivity index (χ0v) is 15.0. The molecule has 5 nitrogen and oxygen atoms in total. The molecular formula is C19H27NO4. The summed E-state index contributed by atoms with van der Waals surface area (Å²) in [6.07, 6.45) is 3.60. The number of carboxylic acid groups (broad SMARTS) is 1. The Labute approximate surface area is 143 Å². The summed E-state index contributed by atoms with van der Waals surface area (Å²) in [7, 11) is 1.62. The van der Waals surface area contributed by atoms with Crippen LogP contribution in [0.2, 0.25) is 0 Å². The van der Waals surface area contributed by atoms with Crippen molar-refractivity contribution in [1.29, 1.82) is 0 Å². The highest BCUT2D eigenvalue weighted by atomic mass is 16.5. The van der Waals surface area contributed by atoms with E-state index in [4.69, 9.17) is 9.47 Å². The fourth-order valence-corrected chi connectivity index (χ4v) is 2.96. The molecule has 1 saturated heterocycles. The van der Waals surface area contributed by atoms with E-state index in [1.165, 1.54) is 5.57 Å². The van der Waals surface area contributed by atoms with Crippen LogP contribution in [0.4, 0.5) is 0 Å². The summed E-state index contributed by atoms with van der Waals surface area (Å²) in [6.45, 7) is 7.74. The third-order valence-corrected chi connectivity index (χ3v) is 4.58. The minimum Gasteiger partial charge on any atom is -0.493 e. The van der Waals surface area contributed by atoms with Gasteiger partial charge in [-0.15, -0.1) is 0 Å². The third-order valence-electron chi connectivity index (χ3n) is 4.58. The largest absolute Gasteiger partial charge is 0.493 e. The molecule has 2 rings (SSSR count). The molecule has 0 amide bonds. The lowest BCUT2D eigenvalue weighted by molar-refractivity contribution is -0.148. The van der Waals surface area contributed by atoms with Crippen molar-refractivity contribution >= 4 is 5.97 Å². The van der Waals surface area contributed by atoms with Gasteiger partial charge < -0.3 is 14.6 Å². The first-order chi connectivity index (χ1) is 11.4. The molecular weight excluding hydrogens is 306 g/mol. The molecule has 1 atom stereocenters. The number of carboxylic acids is 1. The van der Waals surface area contributed by atoms with E-state index in [0.717, 1.165) is 18.5 Å². The Balaban J connectivity index is 2.12. The predicted octanol–water partition coefficient (Wildman–Crippen LogP) is 3.48. The van der Waals surface area contributed by atoms with E-state index < -0.39 is 11.5 Å². The summed E-state index contributed by atoms with van der Waals surface area (Å²) >= 11 is 0. The Hall–Kier alpha value is -2.01. The van der Waals surface area contributed by atoms with Gasteiger partial charge in [0, 0.05) is 6.54 Å². The topological polar surface area (TPSA) is 59.0 Å². The summed E-state index contributed by atoms with van der Waals surface area (Å²) in [5.41, 5.74) is 1.44. The fourth-order valence-electron chi connectivity index (χ4n) is 2.96. The lowest BCUT2D eigenvalue weighted by Crippen LogP contribution is -2.47. The molecule has 0 bridgehead atoms. The van der Waals surface area contributed by atoms with Crippen LogP contribution < -0.4 is 9.47 Å². The average molecular weight is 333 g/mol. The summed E-state index contributed by atoms with van der Waals surface area (Å²) < 4.78 is 11.2. The molecule has 0 saturated carbocycles. The minimum atomic E-state index is -0.786. The summed E-state index contributed by atoms with van der Waals surface area (Å²) in [6, 6.07) is 5.79. The maximum atomic E-state index is 11.6. The number of hydrogen-bond acceptors (Lipinski definition) is 4. The Morgan fingerprint density at radius 3 is 2.75 bits per heavy atom. The van der Waals surface area contributed by atoms with Gasteiger partial charge in [-0.25, -0.2) is 0 Å². The highest BCUT2D eigenvalue weighted by Gasteiger charge is 2.43. The quantitative estimate of drug-likeness (QED) is 0.774. The van der Waals surface area contributed by atoms with Crippen molar-refractivity contribution < 1.29 is 19.4 Å². The minimum absolute atomic E-state index is 0.501. The van der Waals surface area contributed by atoms with Gasteiger partial charge in [-0.2, -0.15) is 0 Å². The highest BCUT2D eigenvalue weighted by molar-refractivity contribution is 5.78. The molecule has 0 radical (unpaired) electrons. The van der Waals surface area contributed by atoms with Crippen molar-refractivity contribution in [2.24, 2.45) is 0 Å². The van der Waals surface area contributed by atoms with Crippen molar-refractivity contribution in [2.75, 3.05) is 20.3 Å². The van der Waals surface area contributed by atoms with Crippen molar-refractivity contribution in [3.63, 3.8) is 0 Å². The van der Waals surface area contributed by atoms with Gasteiger partial charge in [-0.3, -0.25) is 9.69 Å². The van der Waals surface area contributed by atoms with Gasteiger partial charge >= 0.3 is 5.97 Å². The van der Waals surface area contributed by atoms with Gasteiger partial charge in [0.15, 0.2) is 11.5 Å². The van der Waals surface area contributed by atoms with Crippen LogP contribution in [-0.2, 0) is 11.3 Å². The highest BCUT2D eigenvalue weighted by Crippen LogP contribution is 2.33. The lowest BCUT2D eigenvalue weighted by Gasteiger charge is -2.31. The summed E-state index contributed by atoms with van der Waals surface area (Å²) in [5.74, 6) is 0.612. The monoisotopic (exact) mass is 333 g/mol. The number of rotatable bonds is 7. The molecule has 1 heterocycles. The van der Waals surface area contributed by atoms with E-state index in [-0.39, 0.29) is 0 Å². The van der Waals surface area contributed by atoms with Crippen LogP contribution in [-0.4, -0.2) is 41.8 Å². The van der Waals surface area contributed by atoms with Gasteiger partial charge in [-0.05, 0) is 63.9 Å². The first-order valence-electron chi connectivity index (χ1n) is 8.28. The third kappa shape index (κ3) is 4.09. The molecule has 0 spiro atoms. The van der Waals surface area contributed by atoms with Crippen LogP contribution in [0.15, 0.2) is 29.8 Å². The molecule has 1 aromatic carbocycles.